The van der Waals surface area contributed by atoms with Crippen LogP contribution < -0.4 is 11.1 Å². The van der Waals surface area contributed by atoms with E-state index < -0.39 is 29.7 Å². The molecule has 0 aliphatic carbocycles. The number of thiophene rings is 1. The number of hydrogen-bond acceptors (Lipinski definition) is 5. The fourth-order valence-electron chi connectivity index (χ4n) is 2.06. The van der Waals surface area contributed by atoms with Gasteiger partial charge in [0, 0.05) is 6.42 Å². The minimum atomic E-state index is -1.06. The molecule has 0 spiro atoms. The first-order valence-corrected chi connectivity index (χ1v) is 8.37. The second kappa shape index (κ2) is 8.39. The van der Waals surface area contributed by atoms with E-state index in [0.29, 0.717) is 10.6 Å². The predicted molar refractivity (Wildman–Crippen MR) is 91.7 cm³/mol. The van der Waals surface area contributed by atoms with Crippen LogP contribution in [0, 0.1) is 5.82 Å². The van der Waals surface area contributed by atoms with Crippen LogP contribution in [0.3, 0.4) is 0 Å². The van der Waals surface area contributed by atoms with Crippen molar-refractivity contribution >= 4 is 34.1 Å². The lowest BCUT2D eigenvalue weighted by Crippen LogP contribution is -2.30. The molecule has 0 aliphatic rings. The SMILES string of the molecule is C[C@H](OC(=O)CCc1ccccc1F)C(=O)Nc1sccc1C(N)=O. The molecule has 0 unspecified atom stereocenters. The van der Waals surface area contributed by atoms with Gasteiger partial charge >= 0.3 is 5.97 Å². The number of esters is 1. The summed E-state index contributed by atoms with van der Waals surface area (Å²) in [7, 11) is 0. The van der Waals surface area contributed by atoms with Crippen LogP contribution in [0.1, 0.15) is 29.3 Å². The Bertz CT molecular complexity index is 790. The summed E-state index contributed by atoms with van der Waals surface area (Å²) >= 11 is 1.14. The monoisotopic (exact) mass is 364 g/mol. The van der Waals surface area contributed by atoms with Crippen molar-refractivity contribution in [3.8, 4) is 0 Å². The minimum Gasteiger partial charge on any atom is -0.453 e. The molecule has 1 aromatic heterocycles. The molecular formula is C17H17FN2O4S. The Kier molecular flexibility index (Phi) is 6.24. The zero-order valence-corrected chi connectivity index (χ0v) is 14.3. The molecule has 2 amide bonds. The van der Waals surface area contributed by atoms with Crippen molar-refractivity contribution in [2.45, 2.75) is 25.9 Å². The van der Waals surface area contributed by atoms with E-state index in [1.54, 1.807) is 23.6 Å². The van der Waals surface area contributed by atoms with Crippen molar-refractivity contribution in [2.75, 3.05) is 5.32 Å². The predicted octanol–water partition coefficient (Wildman–Crippen LogP) is 2.49. The topological polar surface area (TPSA) is 98.5 Å². The van der Waals surface area contributed by atoms with Gasteiger partial charge < -0.3 is 15.8 Å². The molecule has 6 nitrogen and oxygen atoms in total. The van der Waals surface area contributed by atoms with E-state index in [-0.39, 0.29) is 18.4 Å². The largest absolute Gasteiger partial charge is 0.453 e. The van der Waals surface area contributed by atoms with Gasteiger partial charge in [-0.1, -0.05) is 18.2 Å². The minimum absolute atomic E-state index is 0.0515. The first kappa shape index (κ1) is 18.6. The Morgan fingerprint density at radius 1 is 1.28 bits per heavy atom. The van der Waals surface area contributed by atoms with Crippen molar-refractivity contribution in [1.82, 2.24) is 0 Å². The Balaban J connectivity index is 1.86. The molecule has 132 valence electrons. The van der Waals surface area contributed by atoms with Gasteiger partial charge in [-0.25, -0.2) is 4.39 Å². The molecule has 0 saturated carbocycles. The van der Waals surface area contributed by atoms with Crippen molar-refractivity contribution in [1.29, 1.82) is 0 Å². The zero-order chi connectivity index (χ0) is 18.4. The first-order valence-electron chi connectivity index (χ1n) is 7.49. The van der Waals surface area contributed by atoms with Crippen LogP contribution in [-0.4, -0.2) is 23.9 Å². The fourth-order valence-corrected chi connectivity index (χ4v) is 2.86. The molecule has 1 aromatic carbocycles. The summed E-state index contributed by atoms with van der Waals surface area (Å²) in [4.78, 5) is 35.1. The molecule has 0 aliphatic heterocycles. The molecule has 1 atom stereocenters. The Morgan fingerprint density at radius 2 is 2.00 bits per heavy atom. The number of nitrogens with two attached hydrogens (primary N) is 1. The van der Waals surface area contributed by atoms with Gasteiger partial charge in [-0.15, -0.1) is 11.3 Å². The second-order valence-corrected chi connectivity index (χ2v) is 6.16. The van der Waals surface area contributed by atoms with Crippen molar-refractivity contribution < 1.29 is 23.5 Å². The third-order valence-electron chi connectivity index (χ3n) is 3.40. The van der Waals surface area contributed by atoms with Gasteiger partial charge in [-0.2, -0.15) is 0 Å². The molecular weight excluding hydrogens is 347 g/mol. The number of halogens is 1. The van der Waals surface area contributed by atoms with Gasteiger partial charge in [-0.3, -0.25) is 14.4 Å². The number of ether oxygens (including phenoxy) is 1. The van der Waals surface area contributed by atoms with Crippen molar-refractivity contribution in [3.05, 3.63) is 52.7 Å². The number of amides is 2. The Morgan fingerprint density at radius 3 is 2.68 bits per heavy atom. The zero-order valence-electron chi connectivity index (χ0n) is 13.5. The normalized spacial score (nSPS) is 11.6. The van der Waals surface area contributed by atoms with Gasteiger partial charge in [-0.05, 0) is 36.4 Å². The summed E-state index contributed by atoms with van der Waals surface area (Å²) in [6, 6.07) is 7.63. The number of carbonyl (C=O) groups is 3. The molecule has 3 N–H and O–H groups in total. The van der Waals surface area contributed by atoms with E-state index >= 15 is 0 Å². The van der Waals surface area contributed by atoms with Gasteiger partial charge in [0.15, 0.2) is 6.10 Å². The molecule has 0 saturated heterocycles. The third-order valence-corrected chi connectivity index (χ3v) is 4.23. The van der Waals surface area contributed by atoms with Gasteiger partial charge in [0.1, 0.15) is 10.8 Å². The maximum absolute atomic E-state index is 13.5. The second-order valence-electron chi connectivity index (χ2n) is 5.24. The van der Waals surface area contributed by atoms with E-state index in [9.17, 15) is 18.8 Å². The lowest BCUT2D eigenvalue weighted by atomic mass is 10.1. The third kappa shape index (κ3) is 5.12. The van der Waals surface area contributed by atoms with Crippen molar-refractivity contribution in [3.63, 3.8) is 0 Å². The summed E-state index contributed by atoms with van der Waals surface area (Å²) in [5.41, 5.74) is 5.79. The number of carbonyl (C=O) groups excluding carboxylic acids is 3. The van der Waals surface area contributed by atoms with E-state index in [0.717, 1.165) is 11.3 Å². The van der Waals surface area contributed by atoms with Crippen LogP contribution in [0.5, 0.6) is 0 Å². The lowest BCUT2D eigenvalue weighted by Gasteiger charge is -2.13. The van der Waals surface area contributed by atoms with Gasteiger partial charge in [0.2, 0.25) is 0 Å². The van der Waals surface area contributed by atoms with Gasteiger partial charge in [0.05, 0.1) is 5.56 Å². The maximum atomic E-state index is 13.5. The Hall–Kier alpha value is -2.74. The highest BCUT2D eigenvalue weighted by atomic mass is 32.1. The molecule has 25 heavy (non-hydrogen) atoms. The number of benzene rings is 1. The lowest BCUT2D eigenvalue weighted by molar-refractivity contribution is -0.153. The summed E-state index contributed by atoms with van der Waals surface area (Å²) in [6.45, 7) is 1.41. The van der Waals surface area contributed by atoms with Crippen LogP contribution in [0.15, 0.2) is 35.7 Å². The number of nitrogens with one attached hydrogen (secondary N) is 1. The molecule has 8 heteroatoms. The van der Waals surface area contributed by atoms with Gasteiger partial charge in [0.25, 0.3) is 11.8 Å². The molecule has 1 heterocycles. The fraction of sp³-hybridized carbons (Fsp3) is 0.235. The summed E-state index contributed by atoms with van der Waals surface area (Å²) in [5.74, 6) is -2.25. The number of hydrogen-bond donors (Lipinski definition) is 2. The highest BCUT2D eigenvalue weighted by Gasteiger charge is 2.20. The Labute approximate surface area is 147 Å². The number of rotatable bonds is 7. The number of aryl methyl sites for hydroxylation is 1. The smallest absolute Gasteiger partial charge is 0.306 e. The van der Waals surface area contributed by atoms with Crippen LogP contribution in [0.2, 0.25) is 0 Å². The standard InChI is InChI=1S/C17H17FN2O4S/c1-10(16(23)20-17-12(15(19)22)8-9-25-17)24-14(21)7-6-11-4-2-3-5-13(11)18/h2-5,8-10H,6-7H2,1H3,(H2,19,22)(H,20,23)/t10-/m0/s1. The molecule has 0 fully saturated rings. The quantitative estimate of drug-likeness (QED) is 0.738. The average molecular weight is 364 g/mol. The van der Waals surface area contributed by atoms with E-state index in [2.05, 4.69) is 5.32 Å². The first-order chi connectivity index (χ1) is 11.9. The maximum Gasteiger partial charge on any atom is 0.306 e. The van der Waals surface area contributed by atoms with E-state index in [1.807, 2.05) is 0 Å². The molecule has 0 bridgehead atoms. The van der Waals surface area contributed by atoms with Crippen molar-refractivity contribution in [2.24, 2.45) is 5.73 Å². The summed E-state index contributed by atoms with van der Waals surface area (Å²) < 4.78 is 18.5. The average Bonchev–Trinajstić information content (AvgIpc) is 3.02. The van der Waals surface area contributed by atoms with Crippen LogP contribution in [-0.2, 0) is 20.7 Å². The summed E-state index contributed by atoms with van der Waals surface area (Å²) in [6.07, 6.45) is -0.934. The van der Waals surface area contributed by atoms with Crippen LogP contribution >= 0.6 is 11.3 Å². The number of anilines is 1. The van der Waals surface area contributed by atoms with E-state index in [4.69, 9.17) is 10.5 Å². The highest BCUT2D eigenvalue weighted by Crippen LogP contribution is 2.23. The van der Waals surface area contributed by atoms with E-state index in [1.165, 1.54) is 19.1 Å². The number of primary amides is 1. The highest BCUT2D eigenvalue weighted by molar-refractivity contribution is 7.14. The summed E-state index contributed by atoms with van der Waals surface area (Å²) in [5, 5.41) is 4.41. The molecule has 2 rings (SSSR count). The van der Waals surface area contributed by atoms with Crippen LogP contribution in [0.25, 0.3) is 0 Å². The molecule has 2 aromatic rings. The van der Waals surface area contributed by atoms with Crippen LogP contribution in [0.4, 0.5) is 9.39 Å². The molecule has 0 radical (unpaired) electrons.